The summed E-state index contributed by atoms with van der Waals surface area (Å²) in [6.07, 6.45) is 3.38. The van der Waals surface area contributed by atoms with Crippen molar-refractivity contribution < 1.29 is 19.8 Å². The Morgan fingerprint density at radius 3 is 2.50 bits per heavy atom. The number of pyridine rings is 1. The van der Waals surface area contributed by atoms with E-state index in [1.54, 1.807) is 18.5 Å². The van der Waals surface area contributed by atoms with Crippen LogP contribution in [0.3, 0.4) is 0 Å². The van der Waals surface area contributed by atoms with Gasteiger partial charge in [0.2, 0.25) is 0 Å². The van der Waals surface area contributed by atoms with Gasteiger partial charge >= 0.3 is 11.9 Å². The molecule has 0 aliphatic heterocycles. The average Bonchev–Trinajstić information content (AvgIpc) is 2.72. The molecule has 0 bridgehead atoms. The molecule has 0 aliphatic carbocycles. The maximum absolute atomic E-state index is 10.9. The predicted octanol–water partition coefficient (Wildman–Crippen LogP) is 1.25. The van der Waals surface area contributed by atoms with Gasteiger partial charge in [0, 0.05) is 30.2 Å². The van der Waals surface area contributed by atoms with Crippen LogP contribution in [-0.2, 0) is 28.9 Å². The summed E-state index contributed by atoms with van der Waals surface area (Å²) < 4.78 is 0. The number of carboxylic acids is 2. The molecule has 0 aromatic carbocycles. The largest absolute Gasteiger partial charge is 0.481 e. The van der Waals surface area contributed by atoms with Crippen LogP contribution < -0.4 is 0 Å². The molecule has 3 N–H and O–H groups in total. The van der Waals surface area contributed by atoms with E-state index in [1.807, 2.05) is 12.1 Å². The number of rotatable bonds is 6. The summed E-state index contributed by atoms with van der Waals surface area (Å²) in [6, 6.07) is 5.49. The molecule has 6 nitrogen and oxygen atoms in total. The van der Waals surface area contributed by atoms with Gasteiger partial charge in [-0.1, -0.05) is 6.07 Å². The molecule has 0 spiro atoms. The van der Waals surface area contributed by atoms with E-state index in [-0.39, 0.29) is 12.8 Å². The van der Waals surface area contributed by atoms with Gasteiger partial charge in [-0.05, 0) is 23.3 Å². The summed E-state index contributed by atoms with van der Waals surface area (Å²) in [7, 11) is 0. The number of aromatic nitrogens is 2. The first-order valence-corrected chi connectivity index (χ1v) is 6.07. The molecule has 0 fully saturated rings. The van der Waals surface area contributed by atoms with Crippen LogP contribution >= 0.6 is 0 Å². The number of hydrogen-bond acceptors (Lipinski definition) is 3. The Kier molecular flexibility index (Phi) is 4.14. The summed E-state index contributed by atoms with van der Waals surface area (Å²) in [6.45, 7) is 0. The van der Waals surface area contributed by atoms with E-state index in [4.69, 9.17) is 10.2 Å². The topological polar surface area (TPSA) is 103 Å². The second-order valence-electron chi connectivity index (χ2n) is 4.41. The number of aliphatic carboxylic acids is 2. The molecule has 0 unspecified atom stereocenters. The van der Waals surface area contributed by atoms with Gasteiger partial charge < -0.3 is 15.2 Å². The molecule has 2 aromatic heterocycles. The van der Waals surface area contributed by atoms with Crippen molar-refractivity contribution in [1.82, 2.24) is 9.97 Å². The molecule has 2 aromatic rings. The second-order valence-corrected chi connectivity index (χ2v) is 4.41. The summed E-state index contributed by atoms with van der Waals surface area (Å²) in [4.78, 5) is 28.8. The van der Waals surface area contributed by atoms with Crippen molar-refractivity contribution in [2.75, 3.05) is 0 Å². The van der Waals surface area contributed by atoms with Crippen LogP contribution in [0.4, 0.5) is 0 Å². The van der Waals surface area contributed by atoms with Gasteiger partial charge in [0.1, 0.15) is 0 Å². The number of aromatic amines is 1. The number of hydrogen-bond donors (Lipinski definition) is 3. The number of nitrogens with one attached hydrogen (secondary N) is 1. The minimum Gasteiger partial charge on any atom is -0.481 e. The second kappa shape index (κ2) is 6.01. The van der Waals surface area contributed by atoms with Crippen LogP contribution in [0.1, 0.15) is 22.5 Å². The standard InChI is InChI=1S/C14H14N2O4/c17-13(18)6-11-9(5-10-3-1-2-4-15-10)8-16-12(11)7-14(19)20/h1-4,8,16H,5-7H2,(H,17,18)(H,19,20). The number of H-pyrrole nitrogens is 1. The lowest BCUT2D eigenvalue weighted by Gasteiger charge is -2.04. The zero-order valence-electron chi connectivity index (χ0n) is 10.7. The SMILES string of the molecule is O=C(O)Cc1[nH]cc(Cc2ccccn2)c1CC(=O)O. The first kappa shape index (κ1) is 13.8. The van der Waals surface area contributed by atoms with Crippen LogP contribution in [0, 0.1) is 0 Å². The van der Waals surface area contributed by atoms with Gasteiger partial charge in [-0.15, -0.1) is 0 Å². The minimum absolute atomic E-state index is 0.200. The molecule has 0 radical (unpaired) electrons. The third-order valence-electron chi connectivity index (χ3n) is 2.93. The molecule has 2 heterocycles. The maximum Gasteiger partial charge on any atom is 0.309 e. The zero-order valence-corrected chi connectivity index (χ0v) is 10.7. The van der Waals surface area contributed by atoms with Gasteiger partial charge in [0.05, 0.1) is 12.8 Å². The van der Waals surface area contributed by atoms with Crippen LogP contribution in [0.25, 0.3) is 0 Å². The van der Waals surface area contributed by atoms with Crippen LogP contribution in [0.2, 0.25) is 0 Å². The molecule has 0 amide bonds. The van der Waals surface area contributed by atoms with Gasteiger partial charge in [-0.3, -0.25) is 14.6 Å². The smallest absolute Gasteiger partial charge is 0.309 e. The van der Waals surface area contributed by atoms with Crippen molar-refractivity contribution in [3.8, 4) is 0 Å². The van der Waals surface area contributed by atoms with Gasteiger partial charge in [-0.25, -0.2) is 0 Å². The molecule has 0 saturated carbocycles. The molecular weight excluding hydrogens is 260 g/mol. The first-order chi connectivity index (χ1) is 9.56. The number of nitrogens with zero attached hydrogens (tertiary/aromatic N) is 1. The van der Waals surface area contributed by atoms with Crippen LogP contribution in [0.15, 0.2) is 30.6 Å². The van der Waals surface area contributed by atoms with E-state index in [2.05, 4.69) is 9.97 Å². The van der Waals surface area contributed by atoms with Crippen LogP contribution in [0.5, 0.6) is 0 Å². The Bertz CT molecular complexity index is 619. The fraction of sp³-hybridized carbons (Fsp3) is 0.214. The summed E-state index contributed by atoms with van der Waals surface area (Å²) in [5.74, 6) is -1.98. The van der Waals surface area contributed by atoms with E-state index in [0.717, 1.165) is 11.3 Å². The van der Waals surface area contributed by atoms with Crippen molar-refractivity contribution in [3.63, 3.8) is 0 Å². The zero-order chi connectivity index (χ0) is 14.5. The quantitative estimate of drug-likeness (QED) is 0.735. The van der Waals surface area contributed by atoms with Gasteiger partial charge in [0.25, 0.3) is 0 Å². The number of carboxylic acid groups (broad SMARTS) is 2. The maximum atomic E-state index is 10.9. The third-order valence-corrected chi connectivity index (χ3v) is 2.93. The average molecular weight is 274 g/mol. The normalized spacial score (nSPS) is 10.4. The lowest BCUT2D eigenvalue weighted by Crippen LogP contribution is -2.08. The van der Waals surface area contributed by atoms with E-state index < -0.39 is 11.9 Å². The molecule has 0 aliphatic rings. The summed E-state index contributed by atoms with van der Waals surface area (Å²) >= 11 is 0. The van der Waals surface area contributed by atoms with E-state index in [0.29, 0.717) is 17.7 Å². The highest BCUT2D eigenvalue weighted by atomic mass is 16.4. The fourth-order valence-corrected chi connectivity index (χ4v) is 2.08. The third kappa shape index (κ3) is 3.44. The van der Waals surface area contributed by atoms with Crippen molar-refractivity contribution in [2.24, 2.45) is 0 Å². The Balaban J connectivity index is 2.29. The monoisotopic (exact) mass is 274 g/mol. The molecule has 20 heavy (non-hydrogen) atoms. The Morgan fingerprint density at radius 1 is 1.15 bits per heavy atom. The molecule has 104 valence electrons. The van der Waals surface area contributed by atoms with Crippen LogP contribution in [-0.4, -0.2) is 32.1 Å². The van der Waals surface area contributed by atoms with Gasteiger partial charge in [0.15, 0.2) is 0 Å². The summed E-state index contributed by atoms with van der Waals surface area (Å²) in [5.41, 5.74) is 2.54. The molecule has 0 saturated heterocycles. The highest BCUT2D eigenvalue weighted by molar-refractivity contribution is 5.74. The Morgan fingerprint density at radius 2 is 1.90 bits per heavy atom. The molecular formula is C14H14N2O4. The van der Waals surface area contributed by atoms with E-state index in [1.165, 1.54) is 0 Å². The van der Waals surface area contributed by atoms with Crippen molar-refractivity contribution in [3.05, 3.63) is 53.1 Å². The molecule has 6 heteroatoms. The van der Waals surface area contributed by atoms with Crippen molar-refractivity contribution in [1.29, 1.82) is 0 Å². The lowest BCUT2D eigenvalue weighted by molar-refractivity contribution is -0.137. The Labute approximate surface area is 115 Å². The predicted molar refractivity (Wildman–Crippen MR) is 70.5 cm³/mol. The first-order valence-electron chi connectivity index (χ1n) is 6.07. The summed E-state index contributed by atoms with van der Waals surface area (Å²) in [5, 5.41) is 17.8. The fourth-order valence-electron chi connectivity index (χ4n) is 2.08. The minimum atomic E-state index is -0.997. The Hall–Kier alpha value is -2.63. The van der Waals surface area contributed by atoms with Crippen molar-refractivity contribution in [2.45, 2.75) is 19.3 Å². The van der Waals surface area contributed by atoms with E-state index in [9.17, 15) is 9.59 Å². The number of carbonyl (C=O) groups is 2. The van der Waals surface area contributed by atoms with Crippen molar-refractivity contribution >= 4 is 11.9 Å². The van der Waals surface area contributed by atoms with Gasteiger partial charge in [-0.2, -0.15) is 0 Å². The molecule has 0 atom stereocenters. The highest BCUT2D eigenvalue weighted by Crippen LogP contribution is 2.19. The van der Waals surface area contributed by atoms with E-state index >= 15 is 0 Å². The highest BCUT2D eigenvalue weighted by Gasteiger charge is 2.16. The molecule has 2 rings (SSSR count). The lowest BCUT2D eigenvalue weighted by atomic mass is 10.0.